The number of nitrogens with two attached hydrogens (primary N) is 1. The predicted octanol–water partition coefficient (Wildman–Crippen LogP) is 5.39. The van der Waals surface area contributed by atoms with Crippen LogP contribution < -0.4 is 5.73 Å². The molecule has 0 aromatic rings. The van der Waals surface area contributed by atoms with E-state index in [0.717, 1.165) is 25.0 Å². The topological polar surface area (TPSA) is 138 Å². The van der Waals surface area contributed by atoms with Gasteiger partial charge in [-0.15, -0.1) is 12.3 Å². The molecule has 0 amide bonds. The molecule has 0 aromatic carbocycles. The van der Waals surface area contributed by atoms with E-state index in [1.807, 2.05) is 20.8 Å². The van der Waals surface area contributed by atoms with Crippen molar-refractivity contribution >= 4 is 24.6 Å². The van der Waals surface area contributed by atoms with Gasteiger partial charge in [-0.2, -0.15) is 12.6 Å². The van der Waals surface area contributed by atoms with Crippen LogP contribution in [0.3, 0.4) is 0 Å². The van der Waals surface area contributed by atoms with Crippen LogP contribution in [0.5, 0.6) is 0 Å². The Bertz CT molecular complexity index is 486. The van der Waals surface area contributed by atoms with Gasteiger partial charge in [0.15, 0.2) is 0 Å². The lowest BCUT2D eigenvalue weighted by Gasteiger charge is -1.99. The molecule has 0 bridgehead atoms. The predicted molar refractivity (Wildman–Crippen MR) is 130 cm³/mol. The molecule has 0 fully saturated rings. The number of carboxylic acids is 1. The van der Waals surface area contributed by atoms with Gasteiger partial charge in [0.05, 0.1) is 6.61 Å². The number of hydrogen-bond acceptors (Lipinski definition) is 6. The Morgan fingerprint density at radius 3 is 1.87 bits per heavy atom. The number of nitrogens with zero attached hydrogens (tertiary/aromatic N) is 3. The van der Waals surface area contributed by atoms with Gasteiger partial charge in [0.25, 0.3) is 0 Å². The van der Waals surface area contributed by atoms with Crippen molar-refractivity contribution in [2.45, 2.75) is 79.7 Å². The Balaban J connectivity index is -0.0000000901. The lowest BCUT2D eigenvalue weighted by molar-refractivity contribution is -0.139. The maximum Gasteiger partial charge on any atom is 0.333 e. The van der Waals surface area contributed by atoms with Crippen LogP contribution in [0, 0.1) is 12.3 Å². The number of aliphatic carboxylic acids is 1. The maximum atomic E-state index is 10.6. The smallest absolute Gasteiger partial charge is 0.333 e. The van der Waals surface area contributed by atoms with Gasteiger partial charge in [0.2, 0.25) is 0 Å². The van der Waals surface area contributed by atoms with Crippen molar-refractivity contribution in [1.29, 1.82) is 0 Å². The maximum absolute atomic E-state index is 10.6. The second-order valence-corrected chi connectivity index (χ2v) is 5.95. The Morgan fingerprint density at radius 1 is 1.27 bits per heavy atom. The number of rotatable bonds is 8. The van der Waals surface area contributed by atoms with E-state index in [-0.39, 0.29) is 5.97 Å². The number of carbonyl (C=O) groups is 2. The van der Waals surface area contributed by atoms with Gasteiger partial charge in [0.1, 0.15) is 6.04 Å². The van der Waals surface area contributed by atoms with Crippen LogP contribution in [0.4, 0.5) is 0 Å². The molecule has 0 spiro atoms. The van der Waals surface area contributed by atoms with Crippen molar-refractivity contribution < 1.29 is 19.4 Å². The molecule has 1 atom stereocenters. The molecule has 1 unspecified atom stereocenters. The minimum Gasteiger partial charge on any atom is -0.480 e. The molecule has 8 nitrogen and oxygen atoms in total. The monoisotopic (exact) mass is 446 g/mol. The Hall–Kier alpha value is -2.14. The first kappa shape index (κ1) is 38.5. The van der Waals surface area contributed by atoms with Gasteiger partial charge in [-0.05, 0) is 37.5 Å². The fourth-order valence-electron chi connectivity index (χ4n) is 0.637. The molecule has 0 aliphatic heterocycles. The van der Waals surface area contributed by atoms with E-state index in [1.165, 1.54) is 6.42 Å². The minimum absolute atomic E-state index is 0.295. The van der Waals surface area contributed by atoms with Crippen molar-refractivity contribution in [3.05, 3.63) is 22.6 Å². The highest BCUT2D eigenvalue weighted by atomic mass is 32.1. The fraction of sp³-hybridized carbons (Fsp3) is 0.714. The fourth-order valence-corrected chi connectivity index (χ4v) is 0.637. The molecule has 0 heterocycles. The number of terminal acetylenes is 1. The summed E-state index contributed by atoms with van der Waals surface area (Å²) >= 11 is 3.92. The number of esters is 1. The SMILES string of the molecule is C#CCC.C=C(C)C(=O)OCCC.CCC(N)C(=O)O.CCCN=[N+]=[N-].CCCS. The summed E-state index contributed by atoms with van der Waals surface area (Å²) in [5, 5.41) is 11.3. The van der Waals surface area contributed by atoms with Gasteiger partial charge < -0.3 is 15.6 Å². The second kappa shape index (κ2) is 37.6. The van der Waals surface area contributed by atoms with Crippen molar-refractivity contribution in [1.82, 2.24) is 0 Å². The molecule has 0 rings (SSSR count). The molecule has 0 saturated heterocycles. The van der Waals surface area contributed by atoms with E-state index in [0.29, 0.717) is 25.1 Å². The highest BCUT2D eigenvalue weighted by molar-refractivity contribution is 7.80. The molecule has 0 saturated carbocycles. The third kappa shape index (κ3) is 56.2. The highest BCUT2D eigenvalue weighted by Gasteiger charge is 2.05. The van der Waals surface area contributed by atoms with Gasteiger partial charge in [-0.3, -0.25) is 4.79 Å². The van der Waals surface area contributed by atoms with Crippen LogP contribution in [-0.2, 0) is 14.3 Å². The Morgan fingerprint density at radius 2 is 1.73 bits per heavy atom. The van der Waals surface area contributed by atoms with E-state index in [2.05, 4.69) is 42.1 Å². The van der Waals surface area contributed by atoms with Gasteiger partial charge >= 0.3 is 11.9 Å². The van der Waals surface area contributed by atoms with E-state index in [4.69, 9.17) is 27.5 Å². The number of carboxylic acid groups (broad SMARTS) is 1. The summed E-state index contributed by atoms with van der Waals surface area (Å²) in [6.45, 7) is 15.9. The summed E-state index contributed by atoms with van der Waals surface area (Å²) in [5.41, 5.74) is 13.1. The normalized spacial score (nSPS) is 8.77. The van der Waals surface area contributed by atoms with Crippen molar-refractivity contribution in [3.63, 3.8) is 0 Å². The summed E-state index contributed by atoms with van der Waals surface area (Å²) in [4.78, 5) is 22.9. The number of hydrogen-bond donors (Lipinski definition) is 3. The zero-order valence-electron chi connectivity index (χ0n) is 19.6. The molecular formula is C21H42N4O4S. The van der Waals surface area contributed by atoms with E-state index in [9.17, 15) is 9.59 Å². The molecular weight excluding hydrogens is 404 g/mol. The zero-order chi connectivity index (χ0) is 24.8. The van der Waals surface area contributed by atoms with Crippen molar-refractivity contribution in [2.75, 3.05) is 18.9 Å². The highest BCUT2D eigenvalue weighted by Crippen LogP contribution is 1.91. The molecule has 176 valence electrons. The van der Waals surface area contributed by atoms with Crippen LogP contribution in [0.2, 0.25) is 0 Å². The molecule has 30 heavy (non-hydrogen) atoms. The summed E-state index contributed by atoms with van der Waals surface area (Å²) < 4.78 is 4.71. The lowest BCUT2D eigenvalue weighted by Crippen LogP contribution is -2.28. The minimum atomic E-state index is -0.928. The molecule has 0 aliphatic carbocycles. The standard InChI is InChI=1S/C7H12O2.C4H9NO2.C4H6.C3H7N3.C3H8S/c1-4-5-9-7(8)6(2)3;1-2-3(5)4(6)7;1-3-4-2;1-2-3-5-6-4;1-2-3-4/h2,4-5H2,1,3H3;3H,2,5H2,1H3,(H,6,7);1H,4H2,2H3;2-3H2,1H3;4H,2-3H2,1H3. The first-order valence-electron chi connectivity index (χ1n) is 9.97. The average molecular weight is 447 g/mol. The summed E-state index contributed by atoms with van der Waals surface area (Å²) in [5.74, 6) is 2.22. The Kier molecular flexibility index (Phi) is 48.2. The summed E-state index contributed by atoms with van der Waals surface area (Å²) in [6, 6.07) is -0.681. The third-order valence-corrected chi connectivity index (χ3v) is 2.80. The summed E-state index contributed by atoms with van der Waals surface area (Å²) in [6.07, 6.45) is 9.10. The first-order valence-corrected chi connectivity index (χ1v) is 10.6. The van der Waals surface area contributed by atoms with Gasteiger partial charge in [-0.25, -0.2) is 4.79 Å². The number of ether oxygens (including phenoxy) is 1. The van der Waals surface area contributed by atoms with Crippen LogP contribution in [0.1, 0.15) is 73.6 Å². The molecule has 0 aromatic heterocycles. The van der Waals surface area contributed by atoms with E-state index >= 15 is 0 Å². The van der Waals surface area contributed by atoms with Crippen LogP contribution >= 0.6 is 12.6 Å². The molecule has 9 heteroatoms. The van der Waals surface area contributed by atoms with Crippen LogP contribution in [0.15, 0.2) is 17.3 Å². The van der Waals surface area contributed by atoms with Gasteiger partial charge in [0, 0.05) is 23.5 Å². The largest absolute Gasteiger partial charge is 0.480 e. The van der Waals surface area contributed by atoms with Gasteiger partial charge in [-0.1, -0.05) is 52.7 Å². The average Bonchev–Trinajstić information content (AvgIpc) is 2.76. The zero-order valence-corrected chi connectivity index (χ0v) is 20.5. The third-order valence-electron chi connectivity index (χ3n) is 2.36. The van der Waals surface area contributed by atoms with Crippen molar-refractivity contribution in [2.24, 2.45) is 10.8 Å². The number of azide groups is 1. The number of thiol groups is 1. The molecule has 3 N–H and O–H groups in total. The number of carbonyl (C=O) groups excluding carboxylic acids is 1. The van der Waals surface area contributed by atoms with E-state index in [1.54, 1.807) is 13.8 Å². The second-order valence-electron chi connectivity index (χ2n) is 5.50. The lowest BCUT2D eigenvalue weighted by atomic mass is 10.2. The van der Waals surface area contributed by atoms with Crippen molar-refractivity contribution in [3.8, 4) is 12.3 Å². The Labute approximate surface area is 188 Å². The molecule has 0 radical (unpaired) electrons. The molecule has 0 aliphatic rings. The first-order chi connectivity index (χ1) is 14.1. The van der Waals surface area contributed by atoms with E-state index < -0.39 is 12.0 Å². The summed E-state index contributed by atoms with van der Waals surface area (Å²) in [7, 11) is 0. The van der Waals surface area contributed by atoms with Crippen LogP contribution in [-0.4, -0.2) is 42.0 Å². The quantitative estimate of drug-likeness (QED) is 0.0873. The van der Waals surface area contributed by atoms with Crippen LogP contribution in [0.25, 0.3) is 10.4 Å².